The van der Waals surface area contributed by atoms with E-state index in [-0.39, 0.29) is 5.82 Å². The van der Waals surface area contributed by atoms with E-state index in [1.54, 1.807) is 40.0 Å². The van der Waals surface area contributed by atoms with Gasteiger partial charge in [-0.1, -0.05) is 6.07 Å². The SMILES string of the molecule is CN(NC(=O)OC(C)(C)C)c1cccc(F)c1. The van der Waals surface area contributed by atoms with Gasteiger partial charge in [-0.15, -0.1) is 0 Å². The molecule has 17 heavy (non-hydrogen) atoms. The van der Waals surface area contributed by atoms with Crippen LogP contribution in [0.15, 0.2) is 24.3 Å². The number of hydrogen-bond donors (Lipinski definition) is 1. The largest absolute Gasteiger partial charge is 0.443 e. The number of ether oxygens (including phenoxy) is 1. The summed E-state index contributed by atoms with van der Waals surface area (Å²) in [5, 5.41) is 1.40. The third kappa shape index (κ3) is 4.72. The molecular weight excluding hydrogens is 223 g/mol. The quantitative estimate of drug-likeness (QED) is 0.808. The van der Waals surface area contributed by atoms with Crippen molar-refractivity contribution in [3.8, 4) is 0 Å². The molecule has 1 aromatic rings. The van der Waals surface area contributed by atoms with Gasteiger partial charge in [0, 0.05) is 7.05 Å². The fourth-order valence-electron chi connectivity index (χ4n) is 1.19. The summed E-state index contributed by atoms with van der Waals surface area (Å²) < 4.78 is 18.0. The van der Waals surface area contributed by atoms with E-state index in [1.807, 2.05) is 0 Å². The zero-order valence-corrected chi connectivity index (χ0v) is 10.5. The van der Waals surface area contributed by atoms with Gasteiger partial charge in [-0.25, -0.2) is 14.6 Å². The molecule has 0 aliphatic rings. The topological polar surface area (TPSA) is 41.6 Å². The van der Waals surface area contributed by atoms with E-state index < -0.39 is 11.7 Å². The summed E-state index contributed by atoms with van der Waals surface area (Å²) in [6.45, 7) is 5.32. The number of hydrogen-bond acceptors (Lipinski definition) is 3. The maximum atomic E-state index is 13.0. The van der Waals surface area contributed by atoms with E-state index in [9.17, 15) is 9.18 Å². The molecule has 0 aliphatic heterocycles. The number of benzene rings is 1. The predicted octanol–water partition coefficient (Wildman–Crippen LogP) is 2.70. The molecular formula is C12H17FN2O2. The molecule has 0 unspecified atom stereocenters. The van der Waals surface area contributed by atoms with Gasteiger partial charge >= 0.3 is 6.09 Å². The highest BCUT2D eigenvalue weighted by atomic mass is 19.1. The average molecular weight is 240 g/mol. The lowest BCUT2D eigenvalue weighted by Gasteiger charge is -2.24. The summed E-state index contributed by atoms with van der Waals surface area (Å²) in [5.74, 6) is -0.361. The highest BCUT2D eigenvalue weighted by Crippen LogP contribution is 2.13. The maximum absolute atomic E-state index is 13.0. The van der Waals surface area contributed by atoms with Crippen LogP contribution in [0, 0.1) is 5.82 Å². The Bertz CT molecular complexity index is 402. The average Bonchev–Trinajstić information content (AvgIpc) is 2.14. The Kier molecular flexibility index (Phi) is 3.93. The fourth-order valence-corrected chi connectivity index (χ4v) is 1.19. The molecule has 0 atom stereocenters. The first-order valence-electron chi connectivity index (χ1n) is 5.27. The van der Waals surface area contributed by atoms with Crippen molar-refractivity contribution in [3.05, 3.63) is 30.1 Å². The Hall–Kier alpha value is -1.78. The van der Waals surface area contributed by atoms with Gasteiger partial charge in [-0.2, -0.15) is 0 Å². The van der Waals surface area contributed by atoms with Crippen molar-refractivity contribution in [2.24, 2.45) is 0 Å². The van der Waals surface area contributed by atoms with Crippen LogP contribution in [0.2, 0.25) is 0 Å². The van der Waals surface area contributed by atoms with Crippen LogP contribution in [0.5, 0.6) is 0 Å². The van der Waals surface area contributed by atoms with E-state index in [0.717, 1.165) is 0 Å². The van der Waals surface area contributed by atoms with E-state index in [2.05, 4.69) is 5.43 Å². The minimum atomic E-state index is -0.579. The van der Waals surface area contributed by atoms with Crippen molar-refractivity contribution in [2.75, 3.05) is 12.1 Å². The van der Waals surface area contributed by atoms with Crippen molar-refractivity contribution in [3.63, 3.8) is 0 Å². The fraction of sp³-hybridized carbons (Fsp3) is 0.417. The molecule has 0 saturated heterocycles. The van der Waals surface area contributed by atoms with Gasteiger partial charge in [0.15, 0.2) is 0 Å². The first kappa shape index (κ1) is 13.3. The molecule has 0 radical (unpaired) electrons. The zero-order valence-electron chi connectivity index (χ0n) is 10.5. The minimum absolute atomic E-state index is 0.361. The standard InChI is InChI=1S/C12H17FN2O2/c1-12(2,3)17-11(16)14-15(4)10-7-5-6-9(13)8-10/h5-8H,1-4H3,(H,14,16). The van der Waals surface area contributed by atoms with Crippen molar-refractivity contribution in [2.45, 2.75) is 26.4 Å². The van der Waals surface area contributed by atoms with Gasteiger partial charge in [0.2, 0.25) is 0 Å². The smallest absolute Gasteiger partial charge is 0.426 e. The van der Waals surface area contributed by atoms with Crippen LogP contribution in [0.4, 0.5) is 14.9 Å². The van der Waals surface area contributed by atoms with E-state index >= 15 is 0 Å². The third-order valence-corrected chi connectivity index (χ3v) is 1.85. The molecule has 0 aromatic heterocycles. The van der Waals surface area contributed by atoms with E-state index in [0.29, 0.717) is 5.69 Å². The van der Waals surface area contributed by atoms with Crippen LogP contribution in [-0.4, -0.2) is 18.7 Å². The van der Waals surface area contributed by atoms with Gasteiger partial charge in [0.05, 0.1) is 5.69 Å². The molecule has 1 aromatic carbocycles. The minimum Gasteiger partial charge on any atom is -0.443 e. The number of carbonyl (C=O) groups is 1. The number of rotatable bonds is 2. The molecule has 0 bridgehead atoms. The summed E-state index contributed by atoms with van der Waals surface area (Å²) in [6, 6.07) is 5.90. The summed E-state index contributed by atoms with van der Waals surface area (Å²) in [5.41, 5.74) is 2.46. The van der Waals surface area contributed by atoms with Gasteiger partial charge in [0.1, 0.15) is 11.4 Å². The normalized spacial score (nSPS) is 10.9. The Morgan fingerprint density at radius 3 is 2.59 bits per heavy atom. The van der Waals surface area contributed by atoms with Crippen LogP contribution < -0.4 is 10.4 Å². The maximum Gasteiger partial charge on any atom is 0.426 e. The molecule has 0 heterocycles. The molecule has 1 N–H and O–H groups in total. The molecule has 5 heteroatoms. The van der Waals surface area contributed by atoms with Crippen LogP contribution in [0.25, 0.3) is 0 Å². The molecule has 0 fully saturated rings. The Morgan fingerprint density at radius 1 is 1.41 bits per heavy atom. The number of amides is 1. The van der Waals surface area contributed by atoms with Crippen LogP contribution in [-0.2, 0) is 4.74 Å². The van der Waals surface area contributed by atoms with Crippen molar-refractivity contribution >= 4 is 11.8 Å². The molecule has 94 valence electrons. The second kappa shape index (κ2) is 5.03. The van der Waals surface area contributed by atoms with Crippen molar-refractivity contribution < 1.29 is 13.9 Å². The number of carbonyl (C=O) groups excluding carboxylic acids is 1. The predicted molar refractivity (Wildman–Crippen MR) is 64.2 cm³/mol. The van der Waals surface area contributed by atoms with E-state index in [1.165, 1.54) is 17.1 Å². The number of anilines is 1. The molecule has 4 nitrogen and oxygen atoms in total. The lowest BCUT2D eigenvalue weighted by Crippen LogP contribution is -2.42. The number of halogens is 1. The first-order valence-corrected chi connectivity index (χ1v) is 5.27. The van der Waals surface area contributed by atoms with Crippen molar-refractivity contribution in [1.29, 1.82) is 0 Å². The van der Waals surface area contributed by atoms with Crippen LogP contribution >= 0.6 is 0 Å². The lowest BCUT2D eigenvalue weighted by molar-refractivity contribution is 0.0524. The first-order chi connectivity index (χ1) is 7.78. The summed E-state index contributed by atoms with van der Waals surface area (Å²) in [7, 11) is 1.61. The second-order valence-corrected chi connectivity index (χ2v) is 4.65. The molecule has 1 rings (SSSR count). The lowest BCUT2D eigenvalue weighted by atomic mass is 10.2. The summed E-state index contributed by atoms with van der Waals surface area (Å²) in [6.07, 6.45) is -0.579. The number of nitrogens with zero attached hydrogens (tertiary/aromatic N) is 1. The molecule has 0 aliphatic carbocycles. The third-order valence-electron chi connectivity index (χ3n) is 1.85. The molecule has 0 spiro atoms. The number of nitrogens with one attached hydrogen (secondary N) is 1. The Balaban J connectivity index is 2.61. The van der Waals surface area contributed by atoms with Gasteiger partial charge < -0.3 is 4.74 Å². The van der Waals surface area contributed by atoms with Gasteiger partial charge in [-0.05, 0) is 39.0 Å². The van der Waals surface area contributed by atoms with E-state index in [4.69, 9.17) is 4.74 Å². The van der Waals surface area contributed by atoms with Gasteiger partial charge in [0.25, 0.3) is 0 Å². The number of hydrazine groups is 1. The second-order valence-electron chi connectivity index (χ2n) is 4.65. The van der Waals surface area contributed by atoms with Gasteiger partial charge in [-0.3, -0.25) is 5.01 Å². The molecule has 1 amide bonds. The van der Waals surface area contributed by atoms with Crippen LogP contribution in [0.3, 0.4) is 0 Å². The zero-order chi connectivity index (χ0) is 13.1. The highest BCUT2D eigenvalue weighted by Gasteiger charge is 2.17. The highest BCUT2D eigenvalue weighted by molar-refractivity contribution is 5.70. The summed E-state index contributed by atoms with van der Waals surface area (Å²) in [4.78, 5) is 11.5. The Labute approximate surface area is 100 Å². The summed E-state index contributed by atoms with van der Waals surface area (Å²) >= 11 is 0. The molecule has 0 saturated carbocycles. The Morgan fingerprint density at radius 2 is 2.06 bits per heavy atom. The van der Waals surface area contributed by atoms with Crippen LogP contribution in [0.1, 0.15) is 20.8 Å². The van der Waals surface area contributed by atoms with Crippen molar-refractivity contribution in [1.82, 2.24) is 5.43 Å². The monoisotopic (exact) mass is 240 g/mol.